The highest BCUT2D eigenvalue weighted by molar-refractivity contribution is 8.03. The van der Waals surface area contributed by atoms with Gasteiger partial charge in [0, 0.05) is 28.7 Å². The molecule has 2 saturated heterocycles. The van der Waals surface area contributed by atoms with Crippen molar-refractivity contribution >= 4 is 23.6 Å². The average Bonchev–Trinajstić information content (AvgIpc) is 3.24. The van der Waals surface area contributed by atoms with Crippen LogP contribution >= 0.6 is 11.8 Å². The first-order chi connectivity index (χ1) is 13.8. The zero-order valence-corrected chi connectivity index (χ0v) is 17.2. The number of rotatable bonds is 6. The van der Waals surface area contributed by atoms with Gasteiger partial charge in [0.05, 0.1) is 24.7 Å². The minimum Gasteiger partial charge on any atom is -0.477 e. The predicted octanol–water partition coefficient (Wildman–Crippen LogP) is 1.47. The maximum absolute atomic E-state index is 12.4. The van der Waals surface area contributed by atoms with Gasteiger partial charge in [0.1, 0.15) is 5.70 Å². The first-order valence-electron chi connectivity index (χ1n) is 9.91. The topological polar surface area (TPSA) is 110 Å². The number of fused-ring (bicyclic) bond motifs is 1. The second-order valence-electron chi connectivity index (χ2n) is 8.11. The van der Waals surface area contributed by atoms with Crippen LogP contribution in [-0.2, 0) is 16.2 Å². The summed E-state index contributed by atoms with van der Waals surface area (Å²) >= 11 is 1.55. The Labute approximate surface area is 173 Å². The highest BCUT2D eigenvalue weighted by atomic mass is 32.2. The van der Waals surface area contributed by atoms with Crippen LogP contribution in [0.2, 0.25) is 0 Å². The zero-order chi connectivity index (χ0) is 20.9. The van der Waals surface area contributed by atoms with E-state index < -0.39 is 18.0 Å². The fourth-order valence-electron chi connectivity index (χ4n) is 4.76. The van der Waals surface area contributed by atoms with Gasteiger partial charge in [-0.05, 0) is 24.5 Å². The molecule has 8 heteroatoms. The molecule has 0 bridgehead atoms. The van der Waals surface area contributed by atoms with Crippen molar-refractivity contribution in [2.45, 2.75) is 50.3 Å². The summed E-state index contributed by atoms with van der Waals surface area (Å²) in [6.45, 7) is 4.31. The van der Waals surface area contributed by atoms with Crippen molar-refractivity contribution in [3.63, 3.8) is 0 Å². The first kappa shape index (κ1) is 20.4. The van der Waals surface area contributed by atoms with Gasteiger partial charge in [0.2, 0.25) is 5.91 Å². The molecule has 0 aromatic heterocycles. The molecule has 0 saturated carbocycles. The predicted molar refractivity (Wildman–Crippen MR) is 109 cm³/mol. The Balaban J connectivity index is 1.50. The summed E-state index contributed by atoms with van der Waals surface area (Å²) in [5.74, 6) is -2.01. The molecule has 3 aliphatic rings. The van der Waals surface area contributed by atoms with E-state index in [2.05, 4.69) is 5.32 Å². The quantitative estimate of drug-likeness (QED) is 0.518. The van der Waals surface area contributed by atoms with E-state index in [1.165, 1.54) is 4.90 Å². The van der Waals surface area contributed by atoms with Gasteiger partial charge in [0.15, 0.2) is 0 Å². The number of hydrogen-bond donors (Lipinski definition) is 4. The smallest absolute Gasteiger partial charge is 0.353 e. The molecule has 29 heavy (non-hydrogen) atoms. The Morgan fingerprint density at radius 1 is 1.34 bits per heavy atom. The first-order valence-corrected chi connectivity index (χ1v) is 10.8. The summed E-state index contributed by atoms with van der Waals surface area (Å²) in [4.78, 5) is 26.5. The third kappa shape index (κ3) is 3.38. The van der Waals surface area contributed by atoms with E-state index >= 15 is 0 Å². The van der Waals surface area contributed by atoms with E-state index in [0.717, 1.165) is 29.0 Å². The second kappa shape index (κ2) is 7.75. The molecule has 4 rings (SSSR count). The number of thioether (sulfide) groups is 1. The fraction of sp³-hybridized carbons (Fsp3) is 0.524. The summed E-state index contributed by atoms with van der Waals surface area (Å²) in [5, 5.41) is 32.6. The molecule has 1 aromatic carbocycles. The minimum absolute atomic E-state index is 0.0186. The molecular formula is C21H26N2O5S. The Morgan fingerprint density at radius 2 is 2.03 bits per heavy atom. The van der Waals surface area contributed by atoms with Crippen LogP contribution in [0.3, 0.4) is 0 Å². The number of β-lactam (4-membered cyclic amide) rings is 1. The van der Waals surface area contributed by atoms with Gasteiger partial charge in [-0.25, -0.2) is 4.79 Å². The van der Waals surface area contributed by atoms with Crippen molar-refractivity contribution in [2.24, 2.45) is 11.8 Å². The van der Waals surface area contributed by atoms with Crippen molar-refractivity contribution < 1.29 is 24.9 Å². The van der Waals surface area contributed by atoms with Gasteiger partial charge in [-0.1, -0.05) is 31.2 Å². The maximum Gasteiger partial charge on any atom is 0.353 e. The summed E-state index contributed by atoms with van der Waals surface area (Å²) in [6, 6.07) is 7.74. The van der Waals surface area contributed by atoms with Crippen molar-refractivity contribution in [2.75, 3.05) is 6.54 Å². The van der Waals surface area contributed by atoms with Gasteiger partial charge in [0.25, 0.3) is 0 Å². The van der Waals surface area contributed by atoms with Crippen LogP contribution in [0, 0.1) is 11.8 Å². The van der Waals surface area contributed by atoms with Crippen LogP contribution in [0.15, 0.2) is 34.9 Å². The molecule has 0 aliphatic carbocycles. The van der Waals surface area contributed by atoms with Crippen LogP contribution in [0.5, 0.6) is 0 Å². The monoisotopic (exact) mass is 418 g/mol. The summed E-state index contributed by atoms with van der Waals surface area (Å²) < 4.78 is 0. The fourth-order valence-corrected chi connectivity index (χ4v) is 6.24. The lowest BCUT2D eigenvalue weighted by Crippen LogP contribution is -2.63. The molecule has 3 aliphatic heterocycles. The lowest BCUT2D eigenvalue weighted by atomic mass is 9.79. The normalized spacial score (nSPS) is 32.3. The Morgan fingerprint density at radius 3 is 2.62 bits per heavy atom. The standard InChI is InChI=1S/C21H26N2O5S/c1-10-17-16(11(2)25)20(26)23(17)18(21(27)28)19(10)29-14-7-15(22-8-14)13-5-3-12(9-24)4-6-13/h3-6,10-11,14-17,22,24-25H,7-9H2,1-2H3,(H,27,28)/t10-,11-,14+,15-,16-,17-/m1/s1. The molecule has 0 spiro atoms. The van der Waals surface area contributed by atoms with Crippen LogP contribution < -0.4 is 5.32 Å². The molecule has 3 heterocycles. The van der Waals surface area contributed by atoms with Crippen molar-refractivity contribution in [1.82, 2.24) is 10.2 Å². The molecule has 0 radical (unpaired) electrons. The van der Waals surface area contributed by atoms with Crippen molar-refractivity contribution in [3.05, 3.63) is 46.0 Å². The number of carboxylic acid groups (broad SMARTS) is 1. The molecule has 2 fully saturated rings. The molecule has 1 aromatic rings. The third-order valence-electron chi connectivity index (χ3n) is 6.26. The number of aliphatic hydroxyl groups excluding tert-OH is 2. The number of aliphatic hydroxyl groups is 2. The summed E-state index contributed by atoms with van der Waals surface area (Å²) in [6.07, 6.45) is 0.0649. The van der Waals surface area contributed by atoms with Gasteiger partial charge in [-0.15, -0.1) is 11.8 Å². The highest BCUT2D eigenvalue weighted by Gasteiger charge is 2.60. The molecule has 0 unspecified atom stereocenters. The number of hydrogen-bond acceptors (Lipinski definition) is 6. The Kier molecular flexibility index (Phi) is 5.46. The highest BCUT2D eigenvalue weighted by Crippen LogP contribution is 2.52. The number of amides is 1. The van der Waals surface area contributed by atoms with Crippen LogP contribution in [0.1, 0.15) is 37.4 Å². The van der Waals surface area contributed by atoms with E-state index in [4.69, 9.17) is 0 Å². The molecule has 4 N–H and O–H groups in total. The third-order valence-corrected chi connectivity index (χ3v) is 7.77. The lowest BCUT2D eigenvalue weighted by molar-refractivity contribution is -0.163. The summed E-state index contributed by atoms with van der Waals surface area (Å²) in [7, 11) is 0. The van der Waals surface area contributed by atoms with Gasteiger partial charge < -0.3 is 25.5 Å². The second-order valence-corrected chi connectivity index (χ2v) is 9.45. The average molecular weight is 419 g/mol. The molecule has 7 nitrogen and oxygen atoms in total. The lowest BCUT2D eigenvalue weighted by Gasteiger charge is -2.46. The van der Waals surface area contributed by atoms with Gasteiger partial charge in [-0.3, -0.25) is 4.79 Å². The number of benzene rings is 1. The van der Waals surface area contributed by atoms with E-state index in [0.29, 0.717) is 0 Å². The SMILES string of the molecule is C[C@@H](O)[C@H]1C(=O)N2C(C(=O)O)=C(S[C@@H]3CN[C@@H](c4ccc(CO)cc4)C3)[C@H](C)[C@H]12. The zero-order valence-electron chi connectivity index (χ0n) is 16.4. The van der Waals surface area contributed by atoms with Crippen molar-refractivity contribution in [3.8, 4) is 0 Å². The Bertz CT molecular complexity index is 853. The van der Waals surface area contributed by atoms with E-state index in [1.54, 1.807) is 18.7 Å². The number of nitrogens with zero attached hydrogens (tertiary/aromatic N) is 1. The van der Waals surface area contributed by atoms with Crippen molar-refractivity contribution in [1.29, 1.82) is 0 Å². The molecule has 1 amide bonds. The van der Waals surface area contributed by atoms with Gasteiger partial charge in [-0.2, -0.15) is 0 Å². The Hall–Kier alpha value is -1.87. The maximum atomic E-state index is 12.4. The molecular weight excluding hydrogens is 392 g/mol. The number of carboxylic acids is 1. The number of carbonyl (C=O) groups is 2. The van der Waals surface area contributed by atoms with Gasteiger partial charge >= 0.3 is 5.97 Å². The van der Waals surface area contributed by atoms with E-state index in [1.807, 2.05) is 31.2 Å². The minimum atomic E-state index is -1.08. The number of aliphatic carboxylic acids is 1. The van der Waals surface area contributed by atoms with E-state index in [9.17, 15) is 24.9 Å². The van der Waals surface area contributed by atoms with E-state index in [-0.39, 0.29) is 41.5 Å². The van der Waals surface area contributed by atoms with Crippen LogP contribution in [0.4, 0.5) is 0 Å². The molecule has 156 valence electrons. The van der Waals surface area contributed by atoms with Crippen LogP contribution in [0.25, 0.3) is 0 Å². The summed E-state index contributed by atoms with van der Waals surface area (Å²) in [5.41, 5.74) is 2.10. The number of nitrogens with one attached hydrogen (secondary N) is 1. The molecule has 6 atom stereocenters. The number of carbonyl (C=O) groups excluding carboxylic acids is 1. The van der Waals surface area contributed by atoms with Crippen LogP contribution in [-0.4, -0.2) is 56.0 Å². The largest absolute Gasteiger partial charge is 0.477 e.